The van der Waals surface area contributed by atoms with Crippen LogP contribution in [-0.4, -0.2) is 23.7 Å². The maximum atomic E-state index is 11.7. The number of ether oxygens (including phenoxy) is 1. The Kier molecular flexibility index (Phi) is 6.46. The van der Waals surface area contributed by atoms with Gasteiger partial charge in [-0.3, -0.25) is 0 Å². The van der Waals surface area contributed by atoms with Crippen LogP contribution in [0.25, 0.3) is 0 Å². The first-order chi connectivity index (χ1) is 7.41. The third kappa shape index (κ3) is 4.47. The Balaban J connectivity index is 4.74. The number of hydrogen-bond acceptors (Lipinski definition) is 3. The molecule has 0 saturated carbocycles. The minimum atomic E-state index is -1.07. The van der Waals surface area contributed by atoms with Crippen molar-refractivity contribution in [2.24, 2.45) is 5.92 Å². The third-order valence-electron chi connectivity index (χ3n) is 2.25. The zero-order chi connectivity index (χ0) is 12.7. The second kappa shape index (κ2) is 7.04. The Labute approximate surface area is 96.3 Å². The van der Waals surface area contributed by atoms with Crippen LogP contribution in [0.2, 0.25) is 0 Å². The van der Waals surface area contributed by atoms with Gasteiger partial charge in [0, 0.05) is 11.1 Å². The molecule has 0 aliphatic heterocycles. The Morgan fingerprint density at radius 2 is 1.88 bits per heavy atom. The number of aliphatic carboxylic acids is 1. The molecule has 4 nitrogen and oxygen atoms in total. The summed E-state index contributed by atoms with van der Waals surface area (Å²) in [6.07, 6.45) is 1.73. The van der Waals surface area contributed by atoms with Crippen molar-refractivity contribution < 1.29 is 19.4 Å². The molecule has 0 aromatic heterocycles. The summed E-state index contributed by atoms with van der Waals surface area (Å²) in [7, 11) is 0. The van der Waals surface area contributed by atoms with E-state index in [9.17, 15) is 9.59 Å². The lowest BCUT2D eigenvalue weighted by Gasteiger charge is -2.12. The van der Waals surface area contributed by atoms with Crippen LogP contribution in [-0.2, 0) is 14.3 Å². The van der Waals surface area contributed by atoms with Crippen LogP contribution < -0.4 is 0 Å². The SMILES string of the molecule is CCCCOC(=O)/C(=C(\C)C(=O)O)C(C)C. The molecule has 0 atom stereocenters. The van der Waals surface area contributed by atoms with Gasteiger partial charge in [-0.2, -0.15) is 0 Å². The summed E-state index contributed by atoms with van der Waals surface area (Å²) < 4.78 is 5.02. The number of carbonyl (C=O) groups is 2. The standard InChI is InChI=1S/C12H20O4/c1-5-6-7-16-12(15)10(8(2)3)9(4)11(13)14/h8H,5-7H2,1-4H3,(H,13,14)/b10-9+. The number of carboxylic acid groups (broad SMARTS) is 1. The molecular formula is C12H20O4. The fourth-order valence-corrected chi connectivity index (χ4v) is 1.32. The smallest absolute Gasteiger partial charge is 0.334 e. The topological polar surface area (TPSA) is 63.6 Å². The van der Waals surface area contributed by atoms with E-state index >= 15 is 0 Å². The van der Waals surface area contributed by atoms with Crippen molar-refractivity contribution in [1.82, 2.24) is 0 Å². The van der Waals surface area contributed by atoms with Crippen molar-refractivity contribution >= 4 is 11.9 Å². The number of carboxylic acids is 1. The highest BCUT2D eigenvalue weighted by atomic mass is 16.5. The summed E-state index contributed by atoms with van der Waals surface area (Å²) in [5.74, 6) is -1.73. The first-order valence-corrected chi connectivity index (χ1v) is 5.53. The van der Waals surface area contributed by atoms with Gasteiger partial charge >= 0.3 is 11.9 Å². The molecule has 0 heterocycles. The van der Waals surface area contributed by atoms with Crippen LogP contribution in [0.3, 0.4) is 0 Å². The van der Waals surface area contributed by atoms with Gasteiger partial charge in [-0.25, -0.2) is 9.59 Å². The predicted molar refractivity (Wildman–Crippen MR) is 61.0 cm³/mol. The van der Waals surface area contributed by atoms with E-state index in [1.165, 1.54) is 6.92 Å². The van der Waals surface area contributed by atoms with E-state index in [-0.39, 0.29) is 17.1 Å². The van der Waals surface area contributed by atoms with Crippen molar-refractivity contribution in [3.8, 4) is 0 Å². The average molecular weight is 228 g/mol. The molecule has 0 bridgehead atoms. The lowest BCUT2D eigenvalue weighted by molar-refractivity contribution is -0.141. The molecule has 0 aromatic carbocycles. The van der Waals surface area contributed by atoms with Crippen molar-refractivity contribution in [3.63, 3.8) is 0 Å². The van der Waals surface area contributed by atoms with E-state index in [1.807, 2.05) is 6.92 Å². The molecule has 0 aromatic rings. The van der Waals surface area contributed by atoms with Crippen molar-refractivity contribution in [2.75, 3.05) is 6.61 Å². The Morgan fingerprint density at radius 1 is 1.31 bits per heavy atom. The van der Waals surface area contributed by atoms with Gasteiger partial charge in [0.05, 0.1) is 6.61 Å². The van der Waals surface area contributed by atoms with E-state index in [1.54, 1.807) is 13.8 Å². The largest absolute Gasteiger partial charge is 0.478 e. The molecule has 0 fully saturated rings. The Bertz CT molecular complexity index is 289. The van der Waals surface area contributed by atoms with E-state index in [0.717, 1.165) is 12.8 Å². The maximum Gasteiger partial charge on any atom is 0.334 e. The van der Waals surface area contributed by atoms with E-state index in [0.29, 0.717) is 6.61 Å². The molecule has 0 radical (unpaired) electrons. The summed E-state index contributed by atoms with van der Waals surface area (Å²) in [5.41, 5.74) is 0.320. The lowest BCUT2D eigenvalue weighted by atomic mass is 9.98. The molecule has 4 heteroatoms. The first-order valence-electron chi connectivity index (χ1n) is 5.53. The molecular weight excluding hydrogens is 208 g/mol. The number of unbranched alkanes of at least 4 members (excludes halogenated alkanes) is 1. The van der Waals surface area contributed by atoms with Crippen molar-refractivity contribution in [1.29, 1.82) is 0 Å². The molecule has 92 valence electrons. The first kappa shape index (κ1) is 14.7. The van der Waals surface area contributed by atoms with Crippen LogP contribution in [0.1, 0.15) is 40.5 Å². The van der Waals surface area contributed by atoms with Gasteiger partial charge in [-0.15, -0.1) is 0 Å². The van der Waals surface area contributed by atoms with Crippen LogP contribution in [0.15, 0.2) is 11.1 Å². The summed E-state index contributed by atoms with van der Waals surface area (Å²) in [6, 6.07) is 0. The number of hydrogen-bond donors (Lipinski definition) is 1. The zero-order valence-corrected chi connectivity index (χ0v) is 10.4. The second-order valence-corrected chi connectivity index (χ2v) is 3.99. The minimum absolute atomic E-state index is 0.0662. The Morgan fingerprint density at radius 3 is 2.25 bits per heavy atom. The quantitative estimate of drug-likeness (QED) is 0.430. The van der Waals surface area contributed by atoms with E-state index in [4.69, 9.17) is 9.84 Å². The molecule has 16 heavy (non-hydrogen) atoms. The molecule has 0 saturated heterocycles. The number of carbonyl (C=O) groups excluding carboxylic acids is 1. The molecule has 0 aliphatic carbocycles. The van der Waals surface area contributed by atoms with Crippen molar-refractivity contribution in [3.05, 3.63) is 11.1 Å². The van der Waals surface area contributed by atoms with E-state index in [2.05, 4.69) is 0 Å². The fraction of sp³-hybridized carbons (Fsp3) is 0.667. The van der Waals surface area contributed by atoms with Crippen molar-refractivity contribution in [2.45, 2.75) is 40.5 Å². The lowest BCUT2D eigenvalue weighted by Crippen LogP contribution is -2.17. The van der Waals surface area contributed by atoms with E-state index < -0.39 is 11.9 Å². The number of esters is 1. The van der Waals surface area contributed by atoms with Gasteiger partial charge in [0.2, 0.25) is 0 Å². The Hall–Kier alpha value is -1.32. The number of rotatable bonds is 6. The fourth-order valence-electron chi connectivity index (χ4n) is 1.32. The molecule has 1 N–H and O–H groups in total. The zero-order valence-electron chi connectivity index (χ0n) is 10.4. The molecule has 0 spiro atoms. The minimum Gasteiger partial charge on any atom is -0.478 e. The van der Waals surface area contributed by atoms with Crippen LogP contribution in [0.5, 0.6) is 0 Å². The highest BCUT2D eigenvalue weighted by Crippen LogP contribution is 2.17. The molecule has 0 amide bonds. The third-order valence-corrected chi connectivity index (χ3v) is 2.25. The monoisotopic (exact) mass is 228 g/mol. The van der Waals surface area contributed by atoms with Gasteiger partial charge in [-0.1, -0.05) is 27.2 Å². The van der Waals surface area contributed by atoms with Crippen LogP contribution in [0, 0.1) is 5.92 Å². The van der Waals surface area contributed by atoms with Crippen LogP contribution in [0.4, 0.5) is 0 Å². The van der Waals surface area contributed by atoms with Gasteiger partial charge in [-0.05, 0) is 19.3 Å². The average Bonchev–Trinajstić information content (AvgIpc) is 2.17. The maximum absolute atomic E-state index is 11.7. The molecule has 0 unspecified atom stereocenters. The van der Waals surface area contributed by atoms with Gasteiger partial charge in [0.1, 0.15) is 0 Å². The second-order valence-electron chi connectivity index (χ2n) is 3.99. The normalized spacial score (nSPS) is 12.3. The van der Waals surface area contributed by atoms with Crippen LogP contribution >= 0.6 is 0 Å². The predicted octanol–water partition coefficient (Wildman–Crippen LogP) is 2.39. The highest BCUT2D eigenvalue weighted by molar-refractivity contribution is 5.99. The molecule has 0 rings (SSSR count). The van der Waals surface area contributed by atoms with Gasteiger partial charge in [0.25, 0.3) is 0 Å². The summed E-state index contributed by atoms with van der Waals surface area (Å²) in [5, 5.41) is 8.86. The molecule has 0 aliphatic rings. The van der Waals surface area contributed by atoms with Gasteiger partial charge < -0.3 is 9.84 Å². The van der Waals surface area contributed by atoms with Gasteiger partial charge in [0.15, 0.2) is 0 Å². The summed E-state index contributed by atoms with van der Waals surface area (Å²) in [6.45, 7) is 7.33. The highest BCUT2D eigenvalue weighted by Gasteiger charge is 2.21. The summed E-state index contributed by atoms with van der Waals surface area (Å²) in [4.78, 5) is 22.5. The summed E-state index contributed by atoms with van der Waals surface area (Å²) >= 11 is 0.